The van der Waals surface area contributed by atoms with Crippen LogP contribution >= 0.6 is 22.9 Å². The van der Waals surface area contributed by atoms with E-state index in [0.717, 1.165) is 11.3 Å². The van der Waals surface area contributed by atoms with Crippen molar-refractivity contribution in [2.75, 3.05) is 4.90 Å². The van der Waals surface area contributed by atoms with Gasteiger partial charge in [0.2, 0.25) is 0 Å². The van der Waals surface area contributed by atoms with Crippen molar-refractivity contribution in [2.24, 2.45) is 5.92 Å². The molecule has 0 bridgehead atoms. The van der Waals surface area contributed by atoms with Gasteiger partial charge in [-0.25, -0.2) is 9.37 Å². The summed E-state index contributed by atoms with van der Waals surface area (Å²) in [6, 6.07) is 5.10. The molecule has 148 valence electrons. The lowest BCUT2D eigenvalue weighted by Gasteiger charge is -2.24. The molecular formula is C20H15ClFN3O3S. The average Bonchev–Trinajstić information content (AvgIpc) is 3.20. The molecule has 0 saturated heterocycles. The number of rotatable bonds is 4. The summed E-state index contributed by atoms with van der Waals surface area (Å²) in [5, 5.41) is 10.7. The van der Waals surface area contributed by atoms with Gasteiger partial charge in [-0.3, -0.25) is 19.5 Å². The zero-order chi connectivity index (χ0) is 20.9. The number of anilines is 1. The highest BCUT2D eigenvalue weighted by Crippen LogP contribution is 2.44. The maximum atomic E-state index is 13.8. The molecule has 1 aliphatic heterocycles. The second-order valence-electron chi connectivity index (χ2n) is 6.87. The fourth-order valence-electron chi connectivity index (χ4n) is 3.24. The van der Waals surface area contributed by atoms with Crippen LogP contribution in [-0.4, -0.2) is 26.8 Å². The lowest BCUT2D eigenvalue weighted by atomic mass is 9.92. The lowest BCUT2D eigenvalue weighted by Crippen LogP contribution is -2.31. The van der Waals surface area contributed by atoms with Crippen molar-refractivity contribution >= 4 is 50.0 Å². The van der Waals surface area contributed by atoms with Crippen LogP contribution in [0.1, 0.15) is 25.5 Å². The summed E-state index contributed by atoms with van der Waals surface area (Å²) in [4.78, 5) is 35.4. The molecule has 6 nitrogen and oxygen atoms in total. The van der Waals surface area contributed by atoms with Gasteiger partial charge < -0.3 is 5.11 Å². The molecule has 1 atom stereocenters. The number of pyridine rings is 1. The van der Waals surface area contributed by atoms with Gasteiger partial charge in [0.1, 0.15) is 5.82 Å². The molecule has 0 radical (unpaired) electrons. The third kappa shape index (κ3) is 3.18. The molecule has 3 aromatic rings. The maximum absolute atomic E-state index is 13.8. The highest BCUT2D eigenvalue weighted by atomic mass is 35.5. The van der Waals surface area contributed by atoms with E-state index in [-0.39, 0.29) is 21.5 Å². The van der Waals surface area contributed by atoms with Crippen LogP contribution < -0.4 is 4.90 Å². The quantitative estimate of drug-likeness (QED) is 0.652. The van der Waals surface area contributed by atoms with Crippen molar-refractivity contribution in [3.05, 3.63) is 64.4 Å². The van der Waals surface area contributed by atoms with Gasteiger partial charge >= 0.3 is 0 Å². The fraction of sp³-hybridized carbons (Fsp3) is 0.200. The van der Waals surface area contributed by atoms with E-state index in [4.69, 9.17) is 11.6 Å². The Morgan fingerprint density at radius 2 is 2.00 bits per heavy atom. The molecule has 1 amide bonds. The van der Waals surface area contributed by atoms with Crippen LogP contribution in [0, 0.1) is 11.7 Å². The topological polar surface area (TPSA) is 83.4 Å². The Morgan fingerprint density at radius 1 is 1.31 bits per heavy atom. The molecule has 0 saturated carbocycles. The van der Waals surface area contributed by atoms with Gasteiger partial charge in [0.15, 0.2) is 16.7 Å². The summed E-state index contributed by atoms with van der Waals surface area (Å²) in [6.45, 7) is 3.39. The van der Waals surface area contributed by atoms with Crippen molar-refractivity contribution in [2.45, 2.75) is 19.9 Å². The first-order valence-corrected chi connectivity index (χ1v) is 9.95. The molecule has 29 heavy (non-hydrogen) atoms. The van der Waals surface area contributed by atoms with Crippen molar-refractivity contribution in [3.8, 4) is 0 Å². The lowest BCUT2D eigenvalue weighted by molar-refractivity contribution is -0.119. The van der Waals surface area contributed by atoms with Gasteiger partial charge in [0.05, 0.1) is 26.9 Å². The molecule has 4 rings (SSSR count). The van der Waals surface area contributed by atoms with E-state index in [1.54, 1.807) is 38.4 Å². The van der Waals surface area contributed by atoms with Gasteiger partial charge in [0, 0.05) is 18.3 Å². The van der Waals surface area contributed by atoms with Crippen molar-refractivity contribution < 1.29 is 19.1 Å². The number of benzene rings is 1. The van der Waals surface area contributed by atoms with E-state index in [2.05, 4.69) is 9.97 Å². The van der Waals surface area contributed by atoms with E-state index in [9.17, 15) is 19.1 Å². The van der Waals surface area contributed by atoms with Crippen LogP contribution in [0.15, 0.2) is 48.0 Å². The van der Waals surface area contributed by atoms with Crippen LogP contribution in [0.2, 0.25) is 5.02 Å². The normalized spacial score (nSPS) is 17.1. The molecule has 9 heteroatoms. The fourth-order valence-corrected chi connectivity index (χ4v) is 4.40. The highest BCUT2D eigenvalue weighted by molar-refractivity contribution is 7.22. The smallest absolute Gasteiger partial charge is 0.296 e. The molecule has 1 N–H and O–H groups in total. The minimum atomic E-state index is -0.860. The van der Waals surface area contributed by atoms with Gasteiger partial charge in [-0.1, -0.05) is 36.8 Å². The predicted octanol–water partition coefficient (Wildman–Crippen LogP) is 4.61. The first kappa shape index (κ1) is 19.5. The monoisotopic (exact) mass is 431 g/mol. The summed E-state index contributed by atoms with van der Waals surface area (Å²) in [5.74, 6) is -2.69. The number of nitrogens with zero attached hydrogens (tertiary/aromatic N) is 3. The maximum Gasteiger partial charge on any atom is 0.296 e. The summed E-state index contributed by atoms with van der Waals surface area (Å²) in [7, 11) is 0. The molecule has 0 fully saturated rings. The number of hydrogen-bond acceptors (Lipinski definition) is 6. The van der Waals surface area contributed by atoms with E-state index < -0.39 is 29.4 Å². The SMILES string of the molecule is CC(C)C(=O)C1=C(O)C(=O)N(c2nc3cc(Cl)c(F)cc3s2)C1c1ccncc1. The summed E-state index contributed by atoms with van der Waals surface area (Å²) in [6.07, 6.45) is 3.08. The van der Waals surface area contributed by atoms with Crippen LogP contribution in [0.3, 0.4) is 0 Å². The number of thiazole rings is 1. The van der Waals surface area contributed by atoms with Gasteiger partial charge in [-0.05, 0) is 29.8 Å². The van der Waals surface area contributed by atoms with Gasteiger partial charge in [-0.2, -0.15) is 0 Å². The summed E-state index contributed by atoms with van der Waals surface area (Å²) >= 11 is 6.92. The number of aliphatic hydroxyl groups excluding tert-OH is 1. The third-order valence-electron chi connectivity index (χ3n) is 4.65. The number of fused-ring (bicyclic) bond motifs is 1. The number of aromatic nitrogens is 2. The Labute approximate surface area is 174 Å². The average molecular weight is 432 g/mol. The number of Topliss-reactive ketones (excluding diaryl/α,β-unsaturated/α-hetero) is 1. The first-order chi connectivity index (χ1) is 13.8. The zero-order valence-corrected chi connectivity index (χ0v) is 17.0. The van der Waals surface area contributed by atoms with E-state index in [1.165, 1.54) is 17.0 Å². The number of ketones is 1. The first-order valence-electron chi connectivity index (χ1n) is 8.76. The third-order valence-corrected chi connectivity index (χ3v) is 5.95. The van der Waals surface area contributed by atoms with E-state index >= 15 is 0 Å². The second-order valence-corrected chi connectivity index (χ2v) is 8.29. The Balaban J connectivity index is 1.90. The Hall–Kier alpha value is -2.84. The van der Waals surface area contributed by atoms with Crippen LogP contribution in [0.25, 0.3) is 10.2 Å². The number of carbonyl (C=O) groups is 2. The van der Waals surface area contributed by atoms with Crippen LogP contribution in [0.5, 0.6) is 0 Å². The molecule has 0 aliphatic carbocycles. The minimum Gasteiger partial charge on any atom is -0.503 e. The largest absolute Gasteiger partial charge is 0.503 e. The highest BCUT2D eigenvalue weighted by Gasteiger charge is 2.46. The van der Waals surface area contributed by atoms with Gasteiger partial charge in [-0.15, -0.1) is 0 Å². The van der Waals surface area contributed by atoms with E-state index in [0.29, 0.717) is 15.8 Å². The number of hydrogen-bond donors (Lipinski definition) is 1. The molecule has 0 spiro atoms. The number of carbonyl (C=O) groups excluding carboxylic acids is 2. The second kappa shape index (κ2) is 7.20. The minimum absolute atomic E-state index is 0.0136. The zero-order valence-electron chi connectivity index (χ0n) is 15.4. The van der Waals surface area contributed by atoms with Crippen molar-refractivity contribution in [3.63, 3.8) is 0 Å². The number of amides is 1. The molecule has 1 aliphatic rings. The van der Waals surface area contributed by atoms with Crippen molar-refractivity contribution in [1.29, 1.82) is 0 Å². The Bertz CT molecular complexity index is 1140. The number of aliphatic hydroxyl groups is 1. The molecule has 1 aromatic carbocycles. The summed E-state index contributed by atoms with van der Waals surface area (Å²) < 4.78 is 14.3. The molecule has 3 heterocycles. The molecule has 1 unspecified atom stereocenters. The molecular weight excluding hydrogens is 417 g/mol. The van der Waals surface area contributed by atoms with E-state index in [1.807, 2.05) is 0 Å². The van der Waals surface area contributed by atoms with Gasteiger partial charge in [0.25, 0.3) is 5.91 Å². The summed E-state index contributed by atoms with van der Waals surface area (Å²) in [5.41, 5.74) is 1.03. The van der Waals surface area contributed by atoms with Crippen molar-refractivity contribution in [1.82, 2.24) is 9.97 Å². The number of halogens is 2. The standard InChI is InChI=1S/C20H15ClFN3O3S/c1-9(2)17(26)15-16(10-3-5-23-6-4-10)25(19(28)18(15)27)20-24-13-7-11(21)12(22)8-14(13)29-20/h3-9,16,27H,1-2H3. The predicted molar refractivity (Wildman–Crippen MR) is 109 cm³/mol. The van der Waals surface area contributed by atoms with Crippen LogP contribution in [0.4, 0.5) is 9.52 Å². The Kier molecular flexibility index (Phi) is 4.84. The Morgan fingerprint density at radius 3 is 2.66 bits per heavy atom. The van der Waals surface area contributed by atoms with Crippen LogP contribution in [-0.2, 0) is 9.59 Å². The molecule has 2 aromatic heterocycles.